The van der Waals surface area contributed by atoms with E-state index in [4.69, 9.17) is 14.6 Å². The molecule has 1 saturated heterocycles. The number of aliphatic carboxylic acids is 1. The van der Waals surface area contributed by atoms with Gasteiger partial charge in [-0.1, -0.05) is 30.3 Å². The van der Waals surface area contributed by atoms with Gasteiger partial charge < -0.3 is 9.84 Å². The number of nitrogens with zero attached hydrogens (tertiary/aromatic N) is 1. The van der Waals surface area contributed by atoms with Crippen LogP contribution >= 0.6 is 12.4 Å². The van der Waals surface area contributed by atoms with Crippen molar-refractivity contribution in [2.45, 2.75) is 39.3 Å². The van der Waals surface area contributed by atoms with Gasteiger partial charge in [-0.05, 0) is 25.3 Å². The van der Waals surface area contributed by atoms with E-state index in [1.54, 1.807) is 0 Å². The van der Waals surface area contributed by atoms with Crippen molar-refractivity contribution in [3.63, 3.8) is 0 Å². The summed E-state index contributed by atoms with van der Waals surface area (Å²) in [7, 11) is 0. The van der Waals surface area contributed by atoms with Crippen molar-refractivity contribution in [1.82, 2.24) is 4.90 Å². The molecule has 5 heteroatoms. The molecule has 1 aromatic rings. The lowest BCUT2D eigenvalue weighted by atomic mass is 10.1. The molecule has 1 heterocycles. The number of hydrogen-bond donors (Lipinski definition) is 1. The Bertz CT molecular complexity index is 374. The second kappa shape index (κ2) is 11.5. The monoisotopic (exact) mass is 315 g/mol. The number of piperidine rings is 1. The molecule has 2 rings (SSSR count). The van der Waals surface area contributed by atoms with Crippen LogP contribution in [0.4, 0.5) is 0 Å². The van der Waals surface area contributed by atoms with Crippen LogP contribution in [-0.2, 0) is 16.1 Å². The maximum atomic E-state index is 9.00. The Morgan fingerprint density at radius 1 is 1.29 bits per heavy atom. The first kappa shape index (κ1) is 19.9. The van der Waals surface area contributed by atoms with Gasteiger partial charge in [-0.3, -0.25) is 9.69 Å². The maximum absolute atomic E-state index is 9.00. The molecule has 1 aliphatic rings. The predicted octanol–water partition coefficient (Wildman–Crippen LogP) is 3.20. The lowest BCUT2D eigenvalue weighted by molar-refractivity contribution is -0.134. The van der Waals surface area contributed by atoms with Gasteiger partial charge in [0.1, 0.15) is 0 Å². The van der Waals surface area contributed by atoms with Crippen molar-refractivity contribution in [2.24, 2.45) is 0 Å². The van der Waals surface area contributed by atoms with Gasteiger partial charge in [0, 0.05) is 33.2 Å². The lowest BCUT2D eigenvalue weighted by Crippen LogP contribution is -2.36. The van der Waals surface area contributed by atoms with Crippen LogP contribution in [0.5, 0.6) is 0 Å². The molecule has 0 unspecified atom stereocenters. The quantitative estimate of drug-likeness (QED) is 0.927. The van der Waals surface area contributed by atoms with E-state index in [9.17, 15) is 0 Å². The van der Waals surface area contributed by atoms with Crippen LogP contribution in [0.3, 0.4) is 0 Å². The SMILES string of the molecule is CC(=O)O.CCOC1CCN(Cc2ccccc2)CC1.Cl. The maximum Gasteiger partial charge on any atom is 0.300 e. The second-order valence-electron chi connectivity index (χ2n) is 4.94. The van der Waals surface area contributed by atoms with Crippen LogP contribution in [0.2, 0.25) is 0 Å². The predicted molar refractivity (Wildman–Crippen MR) is 86.9 cm³/mol. The molecule has 0 aromatic heterocycles. The molecular formula is C16H26ClNO3. The Morgan fingerprint density at radius 2 is 1.81 bits per heavy atom. The van der Waals surface area contributed by atoms with Crippen molar-refractivity contribution in [1.29, 1.82) is 0 Å². The molecule has 120 valence electrons. The number of carbonyl (C=O) groups is 1. The van der Waals surface area contributed by atoms with Crippen LogP contribution in [0.15, 0.2) is 30.3 Å². The fraction of sp³-hybridized carbons (Fsp3) is 0.562. The Kier molecular flexibility index (Phi) is 10.9. The molecule has 4 nitrogen and oxygen atoms in total. The Labute approximate surface area is 133 Å². The molecule has 0 aliphatic carbocycles. The molecule has 0 atom stereocenters. The van der Waals surface area contributed by atoms with E-state index >= 15 is 0 Å². The molecule has 1 aromatic carbocycles. The highest BCUT2D eigenvalue weighted by Gasteiger charge is 2.18. The molecule has 1 aliphatic heterocycles. The molecule has 0 bridgehead atoms. The topological polar surface area (TPSA) is 49.8 Å². The zero-order chi connectivity index (χ0) is 14.8. The minimum atomic E-state index is -0.833. The summed E-state index contributed by atoms with van der Waals surface area (Å²) in [5, 5.41) is 7.42. The fourth-order valence-electron chi connectivity index (χ4n) is 2.31. The van der Waals surface area contributed by atoms with Gasteiger partial charge in [-0.25, -0.2) is 0 Å². The van der Waals surface area contributed by atoms with E-state index in [2.05, 4.69) is 42.2 Å². The molecule has 0 radical (unpaired) electrons. The van der Waals surface area contributed by atoms with Gasteiger partial charge in [0.2, 0.25) is 0 Å². The molecule has 1 N–H and O–H groups in total. The Morgan fingerprint density at radius 3 is 2.29 bits per heavy atom. The highest BCUT2D eigenvalue weighted by molar-refractivity contribution is 5.85. The van der Waals surface area contributed by atoms with Gasteiger partial charge >= 0.3 is 0 Å². The summed E-state index contributed by atoms with van der Waals surface area (Å²) in [6.07, 6.45) is 2.86. The van der Waals surface area contributed by atoms with Gasteiger partial charge in [-0.15, -0.1) is 12.4 Å². The van der Waals surface area contributed by atoms with E-state index in [-0.39, 0.29) is 12.4 Å². The number of carboxylic acids is 1. The second-order valence-corrected chi connectivity index (χ2v) is 4.94. The summed E-state index contributed by atoms with van der Waals surface area (Å²) in [4.78, 5) is 11.5. The van der Waals surface area contributed by atoms with Gasteiger partial charge in [0.25, 0.3) is 5.97 Å². The van der Waals surface area contributed by atoms with E-state index in [1.807, 2.05) is 0 Å². The number of carboxylic acid groups (broad SMARTS) is 1. The minimum Gasteiger partial charge on any atom is -0.481 e. The highest BCUT2D eigenvalue weighted by Crippen LogP contribution is 2.15. The van der Waals surface area contributed by atoms with Crippen molar-refractivity contribution in [3.05, 3.63) is 35.9 Å². The van der Waals surface area contributed by atoms with Crippen LogP contribution in [-0.4, -0.2) is 41.8 Å². The van der Waals surface area contributed by atoms with Crippen LogP contribution in [0.25, 0.3) is 0 Å². The van der Waals surface area contributed by atoms with E-state index in [0.29, 0.717) is 6.10 Å². The van der Waals surface area contributed by atoms with E-state index in [0.717, 1.165) is 20.1 Å². The first-order chi connectivity index (χ1) is 9.61. The summed E-state index contributed by atoms with van der Waals surface area (Å²) >= 11 is 0. The average Bonchev–Trinajstić information content (AvgIpc) is 2.42. The Hall–Kier alpha value is -1.10. The molecule has 0 spiro atoms. The van der Waals surface area contributed by atoms with Crippen molar-refractivity contribution in [3.8, 4) is 0 Å². The van der Waals surface area contributed by atoms with Crippen LogP contribution < -0.4 is 0 Å². The van der Waals surface area contributed by atoms with Crippen molar-refractivity contribution >= 4 is 18.4 Å². The first-order valence-corrected chi connectivity index (χ1v) is 7.19. The minimum absolute atomic E-state index is 0. The number of ether oxygens (including phenoxy) is 1. The van der Waals surface area contributed by atoms with Gasteiger partial charge in [0.15, 0.2) is 0 Å². The number of hydrogen-bond acceptors (Lipinski definition) is 3. The molecule has 0 amide bonds. The molecule has 21 heavy (non-hydrogen) atoms. The first-order valence-electron chi connectivity index (χ1n) is 7.19. The van der Waals surface area contributed by atoms with Crippen LogP contribution in [0.1, 0.15) is 32.3 Å². The van der Waals surface area contributed by atoms with Crippen LogP contribution in [0, 0.1) is 0 Å². The summed E-state index contributed by atoms with van der Waals surface area (Å²) in [5.41, 5.74) is 1.41. The number of likely N-dealkylation sites (tertiary alicyclic amines) is 1. The third-order valence-corrected chi connectivity index (χ3v) is 3.19. The summed E-state index contributed by atoms with van der Waals surface area (Å²) in [6, 6.07) is 10.7. The van der Waals surface area contributed by atoms with E-state index in [1.165, 1.54) is 31.5 Å². The standard InChI is InChI=1S/C14H21NO.C2H4O2.ClH/c1-2-16-14-8-10-15(11-9-14)12-13-6-4-3-5-7-13;1-2(3)4;/h3-7,14H,2,8-12H2,1H3;1H3,(H,3,4);1H. The number of benzene rings is 1. The summed E-state index contributed by atoms with van der Waals surface area (Å²) in [5.74, 6) is -0.833. The Balaban J connectivity index is 0.000000715. The molecule has 0 saturated carbocycles. The summed E-state index contributed by atoms with van der Waals surface area (Å²) < 4.78 is 5.65. The largest absolute Gasteiger partial charge is 0.481 e. The molecular weight excluding hydrogens is 290 g/mol. The zero-order valence-corrected chi connectivity index (χ0v) is 13.6. The third kappa shape index (κ3) is 9.45. The van der Waals surface area contributed by atoms with Gasteiger partial charge in [-0.2, -0.15) is 0 Å². The van der Waals surface area contributed by atoms with Crippen molar-refractivity contribution < 1.29 is 14.6 Å². The third-order valence-electron chi connectivity index (χ3n) is 3.19. The summed E-state index contributed by atoms with van der Waals surface area (Å²) in [6.45, 7) is 7.43. The average molecular weight is 316 g/mol. The fourth-order valence-corrected chi connectivity index (χ4v) is 2.31. The number of halogens is 1. The van der Waals surface area contributed by atoms with E-state index < -0.39 is 5.97 Å². The van der Waals surface area contributed by atoms with Gasteiger partial charge in [0.05, 0.1) is 6.10 Å². The smallest absolute Gasteiger partial charge is 0.300 e. The normalized spacial score (nSPS) is 15.5. The number of rotatable bonds is 4. The lowest BCUT2D eigenvalue weighted by Gasteiger charge is -2.31. The highest BCUT2D eigenvalue weighted by atomic mass is 35.5. The van der Waals surface area contributed by atoms with Crippen molar-refractivity contribution in [2.75, 3.05) is 19.7 Å². The zero-order valence-electron chi connectivity index (χ0n) is 12.8. The molecule has 1 fully saturated rings.